The first kappa shape index (κ1) is 16.0. The number of alkyl halides is 1. The van der Waals surface area contributed by atoms with Crippen molar-refractivity contribution < 1.29 is 9.53 Å². The largest absolute Gasteiger partial charge is 0.490 e. The molecule has 0 heterocycles. The molecule has 0 aromatic heterocycles. The second-order valence-corrected chi connectivity index (χ2v) is 7.51. The molecule has 1 N–H and O–H groups in total. The molecule has 1 amide bonds. The van der Waals surface area contributed by atoms with Crippen LogP contribution in [0.1, 0.15) is 38.8 Å². The van der Waals surface area contributed by atoms with Gasteiger partial charge >= 0.3 is 0 Å². The quantitative estimate of drug-likeness (QED) is 0.841. The number of carbonyl (C=O) groups is 1. The number of carbonyl (C=O) groups excluding carboxylic acids is 1. The molecule has 0 saturated heterocycles. The Morgan fingerprint density at radius 3 is 2.11 bits per heavy atom. The van der Waals surface area contributed by atoms with Crippen LogP contribution in [0.25, 0.3) is 0 Å². The number of ether oxygens (including phenoxy) is 1. The van der Waals surface area contributed by atoms with Crippen LogP contribution >= 0.6 is 15.9 Å². The molecule has 0 aliphatic rings. The first-order chi connectivity index (χ1) is 8.61. The van der Waals surface area contributed by atoms with Gasteiger partial charge in [-0.2, -0.15) is 0 Å². The van der Waals surface area contributed by atoms with Gasteiger partial charge in [0, 0.05) is 5.69 Å². The third kappa shape index (κ3) is 4.53. The predicted octanol–water partition coefficient (Wildman–Crippen LogP) is 4.20. The summed E-state index contributed by atoms with van der Waals surface area (Å²) in [5, 5.41) is 2.90. The summed E-state index contributed by atoms with van der Waals surface area (Å²) >= 11 is 3.35. The lowest BCUT2D eigenvalue weighted by Gasteiger charge is -2.19. The van der Waals surface area contributed by atoms with Crippen LogP contribution in [0.3, 0.4) is 0 Å². The Kier molecular flexibility index (Phi) is 5.02. The number of rotatable bonds is 4. The minimum absolute atomic E-state index is 0.0659. The van der Waals surface area contributed by atoms with Crippen molar-refractivity contribution in [2.75, 3.05) is 5.32 Å². The minimum Gasteiger partial charge on any atom is -0.490 e. The Morgan fingerprint density at radius 1 is 1.26 bits per heavy atom. The monoisotopic (exact) mass is 327 g/mol. The maximum Gasteiger partial charge on any atom is 0.240 e. The number of anilines is 1. The van der Waals surface area contributed by atoms with E-state index in [0.717, 1.165) is 22.6 Å². The second-order valence-electron chi connectivity index (χ2n) is 5.53. The molecule has 0 unspecified atom stereocenters. The van der Waals surface area contributed by atoms with Gasteiger partial charge in [-0.25, -0.2) is 0 Å². The molecule has 0 fully saturated rings. The molecular formula is C15H22BrNO2. The Hall–Kier alpha value is -1.03. The van der Waals surface area contributed by atoms with Gasteiger partial charge in [0.2, 0.25) is 5.91 Å². The highest BCUT2D eigenvalue weighted by Crippen LogP contribution is 2.29. The maximum atomic E-state index is 11.9. The van der Waals surface area contributed by atoms with Gasteiger partial charge in [-0.05, 0) is 64.8 Å². The molecule has 4 heteroatoms. The van der Waals surface area contributed by atoms with E-state index in [0.29, 0.717) is 0 Å². The molecule has 0 aliphatic carbocycles. The molecule has 0 bridgehead atoms. The predicted molar refractivity (Wildman–Crippen MR) is 83.3 cm³/mol. The Morgan fingerprint density at radius 2 is 1.74 bits per heavy atom. The summed E-state index contributed by atoms with van der Waals surface area (Å²) in [5.41, 5.74) is 2.84. The lowest BCUT2D eigenvalue weighted by Crippen LogP contribution is -2.31. The molecule has 0 saturated carbocycles. The number of hydrogen-bond acceptors (Lipinski definition) is 2. The molecule has 0 spiro atoms. The zero-order valence-corrected chi connectivity index (χ0v) is 14.0. The van der Waals surface area contributed by atoms with Crippen LogP contribution in [-0.2, 0) is 4.79 Å². The fourth-order valence-electron chi connectivity index (χ4n) is 1.72. The molecule has 1 aromatic carbocycles. The molecule has 106 valence electrons. The first-order valence-corrected chi connectivity index (χ1v) is 7.19. The second kappa shape index (κ2) is 5.95. The third-order valence-corrected chi connectivity index (χ3v) is 2.97. The van der Waals surface area contributed by atoms with Gasteiger partial charge < -0.3 is 10.1 Å². The average Bonchev–Trinajstić information content (AvgIpc) is 2.21. The average molecular weight is 328 g/mol. The molecule has 3 nitrogen and oxygen atoms in total. The Labute approximate surface area is 123 Å². The van der Waals surface area contributed by atoms with E-state index >= 15 is 0 Å². The Balaban J connectivity index is 2.98. The number of benzene rings is 1. The summed E-state index contributed by atoms with van der Waals surface area (Å²) in [5.74, 6) is 0.829. The summed E-state index contributed by atoms with van der Waals surface area (Å²) < 4.78 is 5.20. The van der Waals surface area contributed by atoms with E-state index in [1.165, 1.54) is 0 Å². The summed E-state index contributed by atoms with van der Waals surface area (Å²) in [6, 6.07) is 3.86. The summed E-state index contributed by atoms with van der Waals surface area (Å²) in [4.78, 5) is 11.9. The molecule has 1 aromatic rings. The van der Waals surface area contributed by atoms with Crippen molar-refractivity contribution in [1.29, 1.82) is 0 Å². The van der Waals surface area contributed by atoms with Crippen LogP contribution in [-0.4, -0.2) is 16.3 Å². The maximum absolute atomic E-state index is 11.9. The normalized spacial score (nSPS) is 11.6. The van der Waals surface area contributed by atoms with Crippen LogP contribution in [0.15, 0.2) is 12.1 Å². The van der Waals surface area contributed by atoms with E-state index in [4.69, 9.17) is 4.74 Å². The molecule has 19 heavy (non-hydrogen) atoms. The highest BCUT2D eigenvalue weighted by atomic mass is 79.9. The van der Waals surface area contributed by atoms with Crippen LogP contribution in [0.4, 0.5) is 5.69 Å². The number of halogens is 1. The van der Waals surface area contributed by atoms with Crippen molar-refractivity contribution in [2.45, 2.75) is 52.0 Å². The molecule has 0 radical (unpaired) electrons. The molecule has 0 atom stereocenters. The fraction of sp³-hybridized carbons (Fsp3) is 0.533. The highest BCUT2D eigenvalue weighted by molar-refractivity contribution is 9.10. The van der Waals surface area contributed by atoms with E-state index < -0.39 is 4.32 Å². The molecular weight excluding hydrogens is 306 g/mol. The number of aryl methyl sites for hydroxylation is 2. The van der Waals surface area contributed by atoms with Crippen LogP contribution in [0.5, 0.6) is 5.75 Å². The smallest absolute Gasteiger partial charge is 0.240 e. The van der Waals surface area contributed by atoms with Crippen molar-refractivity contribution in [3.05, 3.63) is 23.3 Å². The molecule has 1 rings (SSSR count). The van der Waals surface area contributed by atoms with E-state index in [2.05, 4.69) is 21.2 Å². The van der Waals surface area contributed by atoms with Gasteiger partial charge in [0.05, 0.1) is 10.4 Å². The van der Waals surface area contributed by atoms with Gasteiger partial charge in [0.15, 0.2) is 0 Å². The number of nitrogens with one attached hydrogen (secondary N) is 1. The van der Waals surface area contributed by atoms with Crippen molar-refractivity contribution in [1.82, 2.24) is 0 Å². The van der Waals surface area contributed by atoms with Crippen LogP contribution in [0, 0.1) is 13.8 Å². The number of amides is 1. The van der Waals surface area contributed by atoms with Crippen LogP contribution < -0.4 is 10.1 Å². The highest BCUT2D eigenvalue weighted by Gasteiger charge is 2.23. The van der Waals surface area contributed by atoms with Crippen molar-refractivity contribution >= 4 is 27.5 Å². The minimum atomic E-state index is -0.581. The zero-order chi connectivity index (χ0) is 14.8. The summed E-state index contributed by atoms with van der Waals surface area (Å²) in [7, 11) is 0. The van der Waals surface area contributed by atoms with Crippen molar-refractivity contribution in [3.8, 4) is 5.75 Å². The topological polar surface area (TPSA) is 38.3 Å². The fourth-order valence-corrected chi connectivity index (χ4v) is 1.82. The van der Waals surface area contributed by atoms with E-state index in [1.54, 1.807) is 0 Å². The zero-order valence-electron chi connectivity index (χ0n) is 12.4. The van der Waals surface area contributed by atoms with Gasteiger partial charge in [-0.1, -0.05) is 15.9 Å². The van der Waals surface area contributed by atoms with Crippen LogP contribution in [0.2, 0.25) is 0 Å². The Bertz CT molecular complexity index is 453. The standard InChI is InChI=1S/C15H22BrNO2/c1-9(2)19-13-10(3)7-12(8-11(13)4)17-14(18)15(5,6)16/h7-9H,1-6H3,(H,17,18). The van der Waals surface area contributed by atoms with E-state index in [-0.39, 0.29) is 12.0 Å². The number of hydrogen-bond donors (Lipinski definition) is 1. The summed E-state index contributed by atoms with van der Waals surface area (Å²) in [6.07, 6.45) is 0.138. The summed E-state index contributed by atoms with van der Waals surface area (Å²) in [6.45, 7) is 11.6. The van der Waals surface area contributed by atoms with Crippen molar-refractivity contribution in [2.24, 2.45) is 0 Å². The SMILES string of the molecule is Cc1cc(NC(=O)C(C)(C)Br)cc(C)c1OC(C)C. The third-order valence-electron chi connectivity index (χ3n) is 2.61. The van der Waals surface area contributed by atoms with Gasteiger partial charge in [-0.15, -0.1) is 0 Å². The lowest BCUT2D eigenvalue weighted by molar-refractivity contribution is -0.117. The molecule has 0 aliphatic heterocycles. The van der Waals surface area contributed by atoms with Gasteiger partial charge in [-0.3, -0.25) is 4.79 Å². The van der Waals surface area contributed by atoms with Gasteiger partial charge in [0.1, 0.15) is 5.75 Å². The van der Waals surface area contributed by atoms with E-state index in [9.17, 15) is 4.79 Å². The van der Waals surface area contributed by atoms with Gasteiger partial charge in [0.25, 0.3) is 0 Å². The first-order valence-electron chi connectivity index (χ1n) is 6.39. The van der Waals surface area contributed by atoms with E-state index in [1.807, 2.05) is 53.7 Å². The lowest BCUT2D eigenvalue weighted by atomic mass is 10.1. The van der Waals surface area contributed by atoms with Crippen molar-refractivity contribution in [3.63, 3.8) is 0 Å².